The van der Waals surface area contributed by atoms with Gasteiger partial charge in [-0.15, -0.1) is 0 Å². The van der Waals surface area contributed by atoms with Gasteiger partial charge in [-0.25, -0.2) is 4.39 Å². The quantitative estimate of drug-likeness (QED) is 0.748. The molecule has 1 rings (SSSR count). The lowest BCUT2D eigenvalue weighted by molar-refractivity contribution is -0.115. The molecule has 3 heteroatoms. The van der Waals surface area contributed by atoms with Gasteiger partial charge >= 0.3 is 0 Å². The minimum Gasteiger partial charge on any atom is -0.298 e. The smallest absolute Gasteiger partial charge is 0.147 e. The zero-order valence-electron chi connectivity index (χ0n) is 7.31. The molecule has 1 aromatic rings. The normalized spacial score (nSPS) is 10.1. The van der Waals surface area contributed by atoms with Crippen molar-refractivity contribution < 1.29 is 9.18 Å². The Morgan fingerprint density at radius 1 is 1.54 bits per heavy atom. The molecular weight excluding hydrogens is 235 g/mol. The van der Waals surface area contributed by atoms with Gasteiger partial charge in [0.25, 0.3) is 0 Å². The van der Waals surface area contributed by atoms with Crippen molar-refractivity contribution in [2.75, 3.05) is 5.33 Å². The minimum absolute atomic E-state index is 0.0636. The monoisotopic (exact) mass is 244 g/mol. The zero-order valence-corrected chi connectivity index (χ0v) is 8.90. The average molecular weight is 245 g/mol. The van der Waals surface area contributed by atoms with Crippen LogP contribution < -0.4 is 0 Å². The number of alkyl halides is 1. The summed E-state index contributed by atoms with van der Waals surface area (Å²) in [5.74, 6) is -0.225. The first kappa shape index (κ1) is 10.4. The van der Waals surface area contributed by atoms with E-state index in [-0.39, 0.29) is 11.6 Å². The van der Waals surface area contributed by atoms with Crippen LogP contribution in [0.4, 0.5) is 4.39 Å². The lowest BCUT2D eigenvalue weighted by Gasteiger charge is -2.03. The van der Waals surface area contributed by atoms with Crippen molar-refractivity contribution >= 4 is 21.7 Å². The van der Waals surface area contributed by atoms with Gasteiger partial charge in [0, 0.05) is 6.42 Å². The lowest BCUT2D eigenvalue weighted by atomic mass is 10.0. The summed E-state index contributed by atoms with van der Waals surface area (Å²) in [6.45, 7) is 1.87. The van der Waals surface area contributed by atoms with E-state index in [1.54, 1.807) is 6.07 Å². The van der Waals surface area contributed by atoms with Gasteiger partial charge in [-0.2, -0.15) is 0 Å². The van der Waals surface area contributed by atoms with Crippen LogP contribution in [-0.2, 0) is 11.2 Å². The summed E-state index contributed by atoms with van der Waals surface area (Å²) >= 11 is 3.07. The molecular formula is C10H10BrFO. The predicted octanol–water partition coefficient (Wildman–Crippen LogP) is 2.64. The highest BCUT2D eigenvalue weighted by Gasteiger charge is 2.05. The second kappa shape index (κ2) is 4.51. The van der Waals surface area contributed by atoms with Gasteiger partial charge in [0.05, 0.1) is 5.33 Å². The van der Waals surface area contributed by atoms with Gasteiger partial charge in [-0.1, -0.05) is 22.0 Å². The van der Waals surface area contributed by atoms with Crippen LogP contribution in [0.5, 0.6) is 0 Å². The molecule has 0 fully saturated rings. The summed E-state index contributed by atoms with van der Waals surface area (Å²) in [7, 11) is 0. The first-order chi connectivity index (χ1) is 6.13. The number of rotatable bonds is 3. The number of benzene rings is 1. The van der Waals surface area contributed by atoms with E-state index in [0.717, 1.165) is 11.1 Å². The van der Waals surface area contributed by atoms with Crippen molar-refractivity contribution in [3.63, 3.8) is 0 Å². The fraction of sp³-hybridized carbons (Fsp3) is 0.300. The molecule has 0 atom stereocenters. The number of Topliss-reactive ketones (excluding diaryl/α,β-unsaturated/α-hetero) is 1. The van der Waals surface area contributed by atoms with Crippen LogP contribution in [0.1, 0.15) is 11.1 Å². The van der Waals surface area contributed by atoms with Gasteiger partial charge in [-0.3, -0.25) is 4.79 Å². The van der Waals surface area contributed by atoms with Crippen molar-refractivity contribution in [1.29, 1.82) is 0 Å². The highest BCUT2D eigenvalue weighted by Crippen LogP contribution is 2.11. The molecule has 1 aromatic carbocycles. The number of aryl methyl sites for hydroxylation is 1. The first-order valence-corrected chi connectivity index (χ1v) is 5.08. The number of hydrogen-bond donors (Lipinski definition) is 0. The Bertz CT molecular complexity index is 323. The molecule has 0 saturated carbocycles. The largest absolute Gasteiger partial charge is 0.298 e. The highest BCUT2D eigenvalue weighted by molar-refractivity contribution is 9.09. The molecule has 0 heterocycles. The Morgan fingerprint density at radius 3 is 2.85 bits per heavy atom. The van der Waals surface area contributed by atoms with Crippen LogP contribution in [-0.4, -0.2) is 11.1 Å². The molecule has 1 nitrogen and oxygen atoms in total. The number of hydrogen-bond acceptors (Lipinski definition) is 1. The van der Waals surface area contributed by atoms with Crippen molar-refractivity contribution in [2.45, 2.75) is 13.3 Å². The van der Waals surface area contributed by atoms with Gasteiger partial charge < -0.3 is 0 Å². The molecule has 0 bridgehead atoms. The summed E-state index contributed by atoms with van der Waals surface area (Å²) in [5.41, 5.74) is 1.72. The van der Waals surface area contributed by atoms with Crippen LogP contribution in [0, 0.1) is 12.7 Å². The SMILES string of the molecule is Cc1ccc(F)cc1CC(=O)CBr. The molecule has 0 amide bonds. The summed E-state index contributed by atoms with van der Waals surface area (Å²) in [6.07, 6.45) is 0.300. The molecule has 0 unspecified atom stereocenters. The molecule has 0 spiro atoms. The maximum Gasteiger partial charge on any atom is 0.147 e. The second-order valence-electron chi connectivity index (χ2n) is 2.92. The molecule has 0 saturated heterocycles. The van der Waals surface area contributed by atoms with E-state index in [9.17, 15) is 9.18 Å². The van der Waals surface area contributed by atoms with E-state index in [2.05, 4.69) is 15.9 Å². The molecule has 0 N–H and O–H groups in total. The third-order valence-electron chi connectivity index (χ3n) is 1.85. The standard InChI is InChI=1S/C10H10BrFO/c1-7-2-3-9(12)4-8(7)5-10(13)6-11/h2-4H,5-6H2,1H3. The Labute approximate surface area is 85.1 Å². The van der Waals surface area contributed by atoms with Crippen LogP contribution >= 0.6 is 15.9 Å². The van der Waals surface area contributed by atoms with Crippen LogP contribution in [0.3, 0.4) is 0 Å². The molecule has 0 radical (unpaired) electrons. The number of halogens is 2. The summed E-state index contributed by atoms with van der Waals surface area (Å²) in [5, 5.41) is 0.322. The van der Waals surface area contributed by atoms with E-state index < -0.39 is 0 Å². The van der Waals surface area contributed by atoms with E-state index in [1.807, 2.05) is 6.92 Å². The maximum atomic E-state index is 12.8. The van der Waals surface area contributed by atoms with E-state index >= 15 is 0 Å². The summed E-state index contributed by atoms with van der Waals surface area (Å²) in [4.78, 5) is 11.1. The van der Waals surface area contributed by atoms with Crippen molar-refractivity contribution in [3.8, 4) is 0 Å². The maximum absolute atomic E-state index is 12.8. The van der Waals surface area contributed by atoms with Crippen molar-refractivity contribution in [2.24, 2.45) is 0 Å². The first-order valence-electron chi connectivity index (χ1n) is 3.96. The molecule has 0 aliphatic carbocycles. The molecule has 13 heavy (non-hydrogen) atoms. The molecule has 0 aliphatic heterocycles. The van der Waals surface area contributed by atoms with E-state index in [4.69, 9.17) is 0 Å². The lowest BCUT2D eigenvalue weighted by Crippen LogP contribution is -2.05. The van der Waals surface area contributed by atoms with Crippen LogP contribution in [0.25, 0.3) is 0 Å². The fourth-order valence-electron chi connectivity index (χ4n) is 1.09. The molecule has 70 valence electrons. The van der Waals surface area contributed by atoms with Crippen LogP contribution in [0.15, 0.2) is 18.2 Å². The van der Waals surface area contributed by atoms with E-state index in [0.29, 0.717) is 11.8 Å². The van der Waals surface area contributed by atoms with Gasteiger partial charge in [0.2, 0.25) is 0 Å². The third-order valence-corrected chi connectivity index (χ3v) is 2.47. The Hall–Kier alpha value is -0.700. The third kappa shape index (κ3) is 2.92. The topological polar surface area (TPSA) is 17.1 Å². The van der Waals surface area contributed by atoms with Crippen molar-refractivity contribution in [3.05, 3.63) is 35.1 Å². The molecule has 0 aromatic heterocycles. The summed E-state index contributed by atoms with van der Waals surface area (Å²) < 4.78 is 12.8. The number of carbonyl (C=O) groups is 1. The minimum atomic E-state index is -0.289. The Balaban J connectivity index is 2.87. The number of ketones is 1. The van der Waals surface area contributed by atoms with Crippen molar-refractivity contribution in [1.82, 2.24) is 0 Å². The van der Waals surface area contributed by atoms with E-state index in [1.165, 1.54) is 12.1 Å². The average Bonchev–Trinajstić information content (AvgIpc) is 2.11. The zero-order chi connectivity index (χ0) is 9.84. The molecule has 0 aliphatic rings. The predicted molar refractivity (Wildman–Crippen MR) is 53.6 cm³/mol. The van der Waals surface area contributed by atoms with Gasteiger partial charge in [-0.05, 0) is 30.2 Å². The highest BCUT2D eigenvalue weighted by atomic mass is 79.9. The fourth-order valence-corrected chi connectivity index (χ4v) is 1.29. The van der Waals surface area contributed by atoms with Gasteiger partial charge in [0.15, 0.2) is 0 Å². The second-order valence-corrected chi connectivity index (χ2v) is 3.48. The number of carbonyl (C=O) groups excluding carboxylic acids is 1. The van der Waals surface area contributed by atoms with Gasteiger partial charge in [0.1, 0.15) is 11.6 Å². The Morgan fingerprint density at radius 2 is 2.23 bits per heavy atom. The summed E-state index contributed by atoms with van der Waals surface area (Å²) in [6, 6.07) is 4.50. The van der Waals surface area contributed by atoms with Crippen LogP contribution in [0.2, 0.25) is 0 Å². The Kier molecular flexibility index (Phi) is 3.60.